The predicted octanol–water partition coefficient (Wildman–Crippen LogP) is -0.492. The fourth-order valence-corrected chi connectivity index (χ4v) is 6.63. The zero-order valence-corrected chi connectivity index (χ0v) is 30.0. The van der Waals surface area contributed by atoms with Gasteiger partial charge < -0.3 is 52.7 Å². The Morgan fingerprint density at radius 2 is 1.67 bits per heavy atom. The maximum absolute atomic E-state index is 14.0. The van der Waals surface area contributed by atoms with Crippen molar-refractivity contribution >= 4 is 35.4 Å². The molecule has 2 aromatic rings. The van der Waals surface area contributed by atoms with Gasteiger partial charge in [-0.3, -0.25) is 28.8 Å². The molecule has 0 aliphatic carbocycles. The van der Waals surface area contributed by atoms with Crippen molar-refractivity contribution in [2.75, 3.05) is 27.2 Å². The summed E-state index contributed by atoms with van der Waals surface area (Å²) in [7, 11) is 2.90. The summed E-state index contributed by atoms with van der Waals surface area (Å²) in [6, 6.07) is 2.32. The van der Waals surface area contributed by atoms with Gasteiger partial charge in [0, 0.05) is 38.2 Å². The molecule has 0 aromatic heterocycles. The standard InChI is InChI=1S/C36H50N8O8/c1-19-31(47)42-26(32(48)41-20(2)35(51)44-15-7-9-27(44)33(49)39-3)17-21-10-12-28(45)23(16-21)24-18-22(11-13-29(24)46)30(34(50)40-19)43(4)36(52)25(38)8-5-6-14-37/h10-13,16,18-20,25-27,30,45-46H,5-9,14-15,17,37-38H2,1-4H3,(H,39,49)(H,40,50)(H,41,48)(H,42,47)/t19-,20-,25-,26-,27-,30-/m0/s1. The summed E-state index contributed by atoms with van der Waals surface area (Å²) >= 11 is 0. The second-order valence-corrected chi connectivity index (χ2v) is 13.4. The molecule has 52 heavy (non-hydrogen) atoms. The molecule has 4 rings (SSSR count). The van der Waals surface area contributed by atoms with E-state index in [2.05, 4.69) is 21.3 Å². The van der Waals surface area contributed by atoms with Crippen LogP contribution >= 0.6 is 0 Å². The fraction of sp³-hybridized carbons (Fsp3) is 0.500. The molecule has 0 saturated carbocycles. The molecule has 0 spiro atoms. The van der Waals surface area contributed by atoms with Crippen LogP contribution in [-0.4, -0.2) is 113 Å². The van der Waals surface area contributed by atoms with Gasteiger partial charge in [0.15, 0.2) is 0 Å². The SMILES string of the molecule is CNC(=O)[C@@H]1CCCN1C(=O)[C@H](C)NC(=O)[C@@H]1Cc2ccc(O)c(c2)-c2cc(ccc2O)[C@H](N(C)C(=O)[C@@H](N)CCCCN)C(=O)N[C@@H](C)C(=O)N1. The van der Waals surface area contributed by atoms with Gasteiger partial charge in [-0.2, -0.15) is 0 Å². The first-order valence-corrected chi connectivity index (χ1v) is 17.5. The molecule has 282 valence electrons. The summed E-state index contributed by atoms with van der Waals surface area (Å²) < 4.78 is 0. The Morgan fingerprint density at radius 3 is 2.35 bits per heavy atom. The number of phenolic OH excluding ortho intramolecular Hbond substituents is 2. The number of amides is 6. The van der Waals surface area contributed by atoms with E-state index in [1.54, 1.807) is 12.1 Å². The lowest BCUT2D eigenvalue weighted by Gasteiger charge is -2.31. The van der Waals surface area contributed by atoms with E-state index in [0.29, 0.717) is 50.8 Å². The van der Waals surface area contributed by atoms with Gasteiger partial charge in [-0.05, 0) is 81.5 Å². The molecule has 2 aromatic carbocycles. The molecule has 2 aliphatic heterocycles. The van der Waals surface area contributed by atoms with Crippen molar-refractivity contribution < 1.29 is 39.0 Å². The minimum absolute atomic E-state index is 0.0978. The zero-order chi connectivity index (χ0) is 38.3. The molecule has 1 saturated heterocycles. The molecule has 6 amide bonds. The highest BCUT2D eigenvalue weighted by Crippen LogP contribution is 2.38. The smallest absolute Gasteiger partial charge is 0.248 e. The highest BCUT2D eigenvalue weighted by molar-refractivity contribution is 5.97. The average Bonchev–Trinajstić information content (AvgIpc) is 3.61. The van der Waals surface area contributed by atoms with Crippen LogP contribution in [0.1, 0.15) is 63.1 Å². The Balaban J connectivity index is 1.69. The maximum atomic E-state index is 14.0. The quantitative estimate of drug-likeness (QED) is 0.146. The number of rotatable bonds is 10. The van der Waals surface area contributed by atoms with Crippen molar-refractivity contribution in [3.05, 3.63) is 47.5 Å². The third-order valence-corrected chi connectivity index (χ3v) is 9.60. The van der Waals surface area contributed by atoms with Crippen molar-refractivity contribution in [2.45, 2.75) is 88.6 Å². The molecule has 0 unspecified atom stereocenters. The first kappa shape index (κ1) is 39.6. The monoisotopic (exact) mass is 722 g/mol. The minimum Gasteiger partial charge on any atom is -0.507 e. The lowest BCUT2D eigenvalue weighted by atomic mass is 9.93. The molecule has 16 nitrogen and oxygen atoms in total. The maximum Gasteiger partial charge on any atom is 0.248 e. The molecule has 0 radical (unpaired) electrons. The van der Waals surface area contributed by atoms with Crippen molar-refractivity contribution in [1.29, 1.82) is 0 Å². The highest BCUT2D eigenvalue weighted by atomic mass is 16.3. The largest absolute Gasteiger partial charge is 0.507 e. The van der Waals surface area contributed by atoms with E-state index >= 15 is 0 Å². The molecule has 10 N–H and O–H groups in total. The number of nitrogens with one attached hydrogen (secondary N) is 4. The number of likely N-dealkylation sites (tertiary alicyclic amines) is 1. The Kier molecular flexibility index (Phi) is 13.2. The number of benzene rings is 2. The number of hydrogen-bond acceptors (Lipinski definition) is 10. The summed E-state index contributed by atoms with van der Waals surface area (Å²) in [4.78, 5) is 83.1. The second-order valence-electron chi connectivity index (χ2n) is 13.4. The number of carbonyl (C=O) groups is 6. The number of carbonyl (C=O) groups excluding carboxylic acids is 6. The second kappa shape index (κ2) is 17.3. The van der Waals surface area contributed by atoms with E-state index in [9.17, 15) is 39.0 Å². The van der Waals surface area contributed by atoms with Crippen molar-refractivity contribution in [3.8, 4) is 22.6 Å². The lowest BCUT2D eigenvalue weighted by Crippen LogP contribution is -2.58. The van der Waals surface area contributed by atoms with Crippen LogP contribution < -0.4 is 32.7 Å². The third-order valence-electron chi connectivity index (χ3n) is 9.60. The Labute approximate surface area is 302 Å². The number of nitrogens with two attached hydrogens (primary N) is 2. The Morgan fingerprint density at radius 1 is 1.00 bits per heavy atom. The number of unbranched alkanes of at least 4 members (excludes halogenated alkanes) is 1. The zero-order valence-electron chi connectivity index (χ0n) is 30.0. The van der Waals surface area contributed by atoms with Crippen molar-refractivity contribution in [2.24, 2.45) is 11.5 Å². The van der Waals surface area contributed by atoms with E-state index in [1.807, 2.05) is 0 Å². The van der Waals surface area contributed by atoms with Crippen LogP contribution in [0.2, 0.25) is 0 Å². The number of aromatic hydroxyl groups is 2. The van der Waals surface area contributed by atoms with Gasteiger partial charge >= 0.3 is 0 Å². The van der Waals surface area contributed by atoms with Crippen LogP contribution in [0, 0.1) is 0 Å². The van der Waals surface area contributed by atoms with Gasteiger partial charge in [0.25, 0.3) is 0 Å². The van der Waals surface area contributed by atoms with E-state index in [1.165, 1.54) is 62.0 Å². The molecule has 2 heterocycles. The summed E-state index contributed by atoms with van der Waals surface area (Å²) in [6.45, 7) is 3.69. The fourth-order valence-electron chi connectivity index (χ4n) is 6.63. The van der Waals surface area contributed by atoms with E-state index in [-0.39, 0.29) is 40.5 Å². The van der Waals surface area contributed by atoms with Gasteiger partial charge in [0.2, 0.25) is 35.4 Å². The number of likely N-dealkylation sites (N-methyl/N-ethyl adjacent to an activating group) is 2. The van der Waals surface area contributed by atoms with E-state index < -0.39 is 65.8 Å². The van der Waals surface area contributed by atoms with Crippen LogP contribution in [0.15, 0.2) is 36.4 Å². The average molecular weight is 723 g/mol. The summed E-state index contributed by atoms with van der Waals surface area (Å²) in [6.07, 6.45) is 2.61. The van der Waals surface area contributed by atoms with Gasteiger partial charge in [0.05, 0.1) is 6.04 Å². The summed E-state index contributed by atoms with van der Waals surface area (Å²) in [5, 5.41) is 32.4. The van der Waals surface area contributed by atoms with E-state index in [4.69, 9.17) is 11.5 Å². The van der Waals surface area contributed by atoms with Gasteiger partial charge in [-0.1, -0.05) is 18.6 Å². The topological polar surface area (TPSA) is 250 Å². The van der Waals surface area contributed by atoms with Crippen LogP contribution in [0.3, 0.4) is 0 Å². The van der Waals surface area contributed by atoms with Gasteiger partial charge in [-0.25, -0.2) is 0 Å². The van der Waals surface area contributed by atoms with E-state index in [0.717, 1.165) is 0 Å². The molecule has 1 fully saturated rings. The molecule has 2 aliphatic rings. The van der Waals surface area contributed by atoms with Crippen LogP contribution in [0.4, 0.5) is 0 Å². The third kappa shape index (κ3) is 8.98. The Bertz CT molecular complexity index is 1690. The van der Waals surface area contributed by atoms with Crippen molar-refractivity contribution in [3.63, 3.8) is 0 Å². The first-order valence-electron chi connectivity index (χ1n) is 17.5. The normalized spacial score (nSPS) is 21.5. The van der Waals surface area contributed by atoms with Crippen LogP contribution in [-0.2, 0) is 35.2 Å². The Hall–Kier alpha value is -5.22. The molecule has 4 bridgehead atoms. The first-order chi connectivity index (χ1) is 24.7. The van der Waals surface area contributed by atoms with Crippen LogP contribution in [0.5, 0.6) is 11.5 Å². The predicted molar refractivity (Wildman–Crippen MR) is 191 cm³/mol. The van der Waals surface area contributed by atoms with Gasteiger partial charge in [0.1, 0.15) is 41.7 Å². The highest BCUT2D eigenvalue weighted by Gasteiger charge is 2.38. The number of nitrogens with zero attached hydrogens (tertiary/aromatic N) is 2. The number of fused-ring (bicyclic) bond motifs is 5. The molecular weight excluding hydrogens is 672 g/mol. The minimum atomic E-state index is -1.31. The lowest BCUT2D eigenvalue weighted by molar-refractivity contribution is -0.141. The molecular formula is C36H50N8O8. The molecule has 16 heteroatoms. The molecule has 6 atom stereocenters. The number of phenols is 2. The van der Waals surface area contributed by atoms with Crippen molar-refractivity contribution in [1.82, 2.24) is 31.1 Å². The number of hydrogen-bond donors (Lipinski definition) is 8. The van der Waals surface area contributed by atoms with Gasteiger partial charge in [-0.15, -0.1) is 0 Å². The summed E-state index contributed by atoms with van der Waals surface area (Å²) in [5.74, 6) is -3.91. The van der Waals surface area contributed by atoms with Crippen LogP contribution in [0.25, 0.3) is 11.1 Å². The summed E-state index contributed by atoms with van der Waals surface area (Å²) in [5.41, 5.74) is 12.9.